The minimum Gasteiger partial charge on any atom is -0.374 e. The predicted octanol–water partition coefficient (Wildman–Crippen LogP) is 3.00. The Balaban J connectivity index is 2.51. The molecule has 0 fully saturated rings. The molecule has 3 nitrogen and oxygen atoms in total. The maximum absolute atomic E-state index is 11.8. The van der Waals surface area contributed by atoms with Crippen molar-refractivity contribution in [2.45, 2.75) is 40.4 Å². The van der Waals surface area contributed by atoms with E-state index < -0.39 is 0 Å². The van der Waals surface area contributed by atoms with Crippen LogP contribution in [0.4, 0.5) is 0 Å². The molecule has 1 amide bonds. The lowest BCUT2D eigenvalue weighted by atomic mass is 10.1. The molecule has 0 bridgehead atoms. The Morgan fingerprint density at radius 3 is 2.28 bits per heavy atom. The molecule has 0 aliphatic heterocycles. The Hall–Kier alpha value is -1.35. The van der Waals surface area contributed by atoms with Crippen LogP contribution in [-0.2, 0) is 11.3 Å². The monoisotopic (exact) mass is 249 g/mol. The fourth-order valence-electron chi connectivity index (χ4n) is 1.41. The summed E-state index contributed by atoms with van der Waals surface area (Å²) in [5.74, 6) is 0.452. The van der Waals surface area contributed by atoms with E-state index in [9.17, 15) is 4.79 Å². The van der Waals surface area contributed by atoms with Crippen molar-refractivity contribution in [3.8, 4) is 0 Å². The van der Waals surface area contributed by atoms with Gasteiger partial charge >= 0.3 is 0 Å². The summed E-state index contributed by atoms with van der Waals surface area (Å²) >= 11 is 0. The van der Waals surface area contributed by atoms with E-state index >= 15 is 0 Å². The van der Waals surface area contributed by atoms with Gasteiger partial charge in [-0.05, 0) is 37.5 Å². The lowest BCUT2D eigenvalue weighted by molar-refractivity contribution is 0.0657. The van der Waals surface area contributed by atoms with Gasteiger partial charge in [0, 0.05) is 12.1 Å². The van der Waals surface area contributed by atoms with Gasteiger partial charge in [0.25, 0.3) is 5.91 Å². The summed E-state index contributed by atoms with van der Waals surface area (Å²) in [4.78, 5) is 11.8. The van der Waals surface area contributed by atoms with E-state index in [2.05, 4.69) is 19.2 Å². The topological polar surface area (TPSA) is 38.3 Å². The quantitative estimate of drug-likeness (QED) is 0.841. The van der Waals surface area contributed by atoms with Gasteiger partial charge in [-0.15, -0.1) is 0 Å². The number of carbonyl (C=O) groups excluding carboxylic acids is 1. The molecule has 0 radical (unpaired) electrons. The van der Waals surface area contributed by atoms with Gasteiger partial charge in [-0.2, -0.15) is 0 Å². The van der Waals surface area contributed by atoms with E-state index in [1.807, 2.05) is 38.1 Å². The number of amides is 1. The molecule has 0 aliphatic rings. The average molecular weight is 249 g/mol. The molecule has 0 aromatic heterocycles. The molecule has 0 aliphatic carbocycles. The van der Waals surface area contributed by atoms with Crippen LogP contribution in [-0.4, -0.2) is 18.6 Å². The molecule has 1 aromatic carbocycles. The SMILES string of the molecule is CC(C)CNC(=O)c1ccc(COC(C)C)cc1. The van der Waals surface area contributed by atoms with Crippen molar-refractivity contribution in [3.05, 3.63) is 35.4 Å². The van der Waals surface area contributed by atoms with Crippen LogP contribution in [0.3, 0.4) is 0 Å². The largest absolute Gasteiger partial charge is 0.374 e. The van der Waals surface area contributed by atoms with Gasteiger partial charge in [0.2, 0.25) is 0 Å². The van der Waals surface area contributed by atoms with E-state index in [1.165, 1.54) is 0 Å². The van der Waals surface area contributed by atoms with Crippen molar-refractivity contribution < 1.29 is 9.53 Å². The molecule has 3 heteroatoms. The fourth-order valence-corrected chi connectivity index (χ4v) is 1.41. The van der Waals surface area contributed by atoms with Gasteiger partial charge in [-0.3, -0.25) is 4.79 Å². The molecule has 1 aromatic rings. The average Bonchev–Trinajstić information content (AvgIpc) is 2.34. The number of nitrogens with one attached hydrogen (secondary N) is 1. The van der Waals surface area contributed by atoms with Gasteiger partial charge < -0.3 is 10.1 Å². The molecule has 0 atom stereocenters. The highest BCUT2D eigenvalue weighted by molar-refractivity contribution is 5.94. The van der Waals surface area contributed by atoms with Crippen LogP contribution >= 0.6 is 0 Å². The highest BCUT2D eigenvalue weighted by Gasteiger charge is 2.05. The zero-order chi connectivity index (χ0) is 13.5. The van der Waals surface area contributed by atoms with Crippen LogP contribution in [0.25, 0.3) is 0 Å². The van der Waals surface area contributed by atoms with E-state index in [-0.39, 0.29) is 12.0 Å². The predicted molar refractivity (Wildman–Crippen MR) is 73.5 cm³/mol. The summed E-state index contributed by atoms with van der Waals surface area (Å²) < 4.78 is 5.51. The van der Waals surface area contributed by atoms with Crippen LogP contribution in [0.15, 0.2) is 24.3 Å². The van der Waals surface area contributed by atoms with Crippen molar-refractivity contribution in [2.75, 3.05) is 6.54 Å². The third-order valence-electron chi connectivity index (χ3n) is 2.47. The van der Waals surface area contributed by atoms with Crippen LogP contribution in [0.2, 0.25) is 0 Å². The second-order valence-electron chi connectivity index (χ2n) is 5.16. The second-order valence-corrected chi connectivity index (χ2v) is 5.16. The highest BCUT2D eigenvalue weighted by Crippen LogP contribution is 2.07. The number of hydrogen-bond acceptors (Lipinski definition) is 2. The molecule has 0 unspecified atom stereocenters. The Bertz CT molecular complexity index is 369. The molecule has 18 heavy (non-hydrogen) atoms. The van der Waals surface area contributed by atoms with Crippen molar-refractivity contribution in [3.63, 3.8) is 0 Å². The van der Waals surface area contributed by atoms with Crippen LogP contribution in [0, 0.1) is 5.92 Å². The van der Waals surface area contributed by atoms with E-state index in [0.717, 1.165) is 5.56 Å². The van der Waals surface area contributed by atoms with Gasteiger partial charge in [-0.25, -0.2) is 0 Å². The molecule has 0 spiro atoms. The molecular formula is C15H23NO2. The number of benzene rings is 1. The molecule has 0 heterocycles. The van der Waals surface area contributed by atoms with Crippen LogP contribution < -0.4 is 5.32 Å². The van der Waals surface area contributed by atoms with Crippen LogP contribution in [0.5, 0.6) is 0 Å². The van der Waals surface area contributed by atoms with Gasteiger partial charge in [0.15, 0.2) is 0 Å². The van der Waals surface area contributed by atoms with Crippen molar-refractivity contribution in [1.82, 2.24) is 5.32 Å². The highest BCUT2D eigenvalue weighted by atomic mass is 16.5. The molecule has 100 valence electrons. The van der Waals surface area contributed by atoms with Crippen molar-refractivity contribution in [1.29, 1.82) is 0 Å². The summed E-state index contributed by atoms with van der Waals surface area (Å²) in [6.07, 6.45) is 0.221. The number of rotatable bonds is 6. The Kier molecular flexibility index (Phi) is 5.86. The summed E-state index contributed by atoms with van der Waals surface area (Å²) in [6, 6.07) is 7.56. The molecule has 0 saturated heterocycles. The minimum absolute atomic E-state index is 0.0139. The Morgan fingerprint density at radius 2 is 1.78 bits per heavy atom. The third-order valence-corrected chi connectivity index (χ3v) is 2.47. The lowest BCUT2D eigenvalue weighted by Gasteiger charge is -2.09. The van der Waals surface area contributed by atoms with E-state index in [0.29, 0.717) is 24.6 Å². The van der Waals surface area contributed by atoms with Crippen molar-refractivity contribution >= 4 is 5.91 Å². The van der Waals surface area contributed by atoms with Gasteiger partial charge in [0.1, 0.15) is 0 Å². The molecule has 1 N–H and O–H groups in total. The number of ether oxygens (including phenoxy) is 1. The summed E-state index contributed by atoms with van der Waals surface area (Å²) in [6.45, 7) is 9.46. The Morgan fingerprint density at radius 1 is 1.17 bits per heavy atom. The summed E-state index contributed by atoms with van der Waals surface area (Å²) in [5, 5.41) is 2.90. The van der Waals surface area contributed by atoms with E-state index in [4.69, 9.17) is 4.74 Å². The van der Waals surface area contributed by atoms with Gasteiger partial charge in [0.05, 0.1) is 12.7 Å². The summed E-state index contributed by atoms with van der Waals surface area (Å²) in [7, 11) is 0. The number of carbonyl (C=O) groups is 1. The minimum atomic E-state index is -0.0139. The maximum Gasteiger partial charge on any atom is 0.251 e. The van der Waals surface area contributed by atoms with Gasteiger partial charge in [-0.1, -0.05) is 26.0 Å². The third kappa shape index (κ3) is 5.32. The van der Waals surface area contributed by atoms with Crippen molar-refractivity contribution in [2.24, 2.45) is 5.92 Å². The maximum atomic E-state index is 11.8. The van der Waals surface area contributed by atoms with E-state index in [1.54, 1.807) is 0 Å². The van der Waals surface area contributed by atoms with Crippen LogP contribution in [0.1, 0.15) is 43.6 Å². The number of hydrogen-bond donors (Lipinski definition) is 1. The molecule has 0 saturated carbocycles. The lowest BCUT2D eigenvalue weighted by Crippen LogP contribution is -2.27. The standard InChI is InChI=1S/C15H23NO2/c1-11(2)9-16-15(17)14-7-5-13(6-8-14)10-18-12(3)4/h5-8,11-12H,9-10H2,1-4H3,(H,16,17). The first-order valence-corrected chi connectivity index (χ1v) is 6.47. The second kappa shape index (κ2) is 7.17. The Labute approximate surface area is 110 Å². The fraction of sp³-hybridized carbons (Fsp3) is 0.533. The normalized spacial score (nSPS) is 11.0. The zero-order valence-electron chi connectivity index (χ0n) is 11.7. The summed E-state index contributed by atoms with van der Waals surface area (Å²) in [5.41, 5.74) is 1.79. The first-order chi connectivity index (χ1) is 8.49. The smallest absolute Gasteiger partial charge is 0.251 e. The first-order valence-electron chi connectivity index (χ1n) is 6.47. The zero-order valence-corrected chi connectivity index (χ0v) is 11.7. The molecule has 1 rings (SSSR count). The molecular weight excluding hydrogens is 226 g/mol. The first kappa shape index (κ1) is 14.7.